The summed E-state index contributed by atoms with van der Waals surface area (Å²) in [7, 11) is 0. The molecule has 3 atom stereocenters. The molecular formula is C9H13NO4. The number of carboxylic acid groups (broad SMARTS) is 1. The number of nitrogens with one attached hydrogen (secondary N) is 1. The molecule has 0 aromatic rings. The highest BCUT2D eigenvalue weighted by Crippen LogP contribution is 2.14. The smallest absolute Gasteiger partial charge is 0.329 e. The van der Waals surface area contributed by atoms with Crippen LogP contribution in [0.5, 0.6) is 0 Å². The van der Waals surface area contributed by atoms with Gasteiger partial charge in [-0.05, 0) is 6.92 Å². The minimum atomic E-state index is -1.09. The van der Waals surface area contributed by atoms with Crippen LogP contribution in [0.2, 0.25) is 0 Å². The Balaban J connectivity index is 2.64. The molecule has 0 radical (unpaired) electrons. The number of carboxylic acids is 1. The number of carbonyl (C=O) groups excluding carboxylic acids is 1. The van der Waals surface area contributed by atoms with Crippen LogP contribution >= 0.6 is 0 Å². The minimum Gasteiger partial charge on any atom is -0.480 e. The second kappa shape index (κ2) is 4.23. The second-order valence-electron chi connectivity index (χ2n) is 3.21. The predicted molar refractivity (Wildman–Crippen MR) is 48.7 cm³/mol. The van der Waals surface area contributed by atoms with E-state index in [1.807, 2.05) is 6.92 Å². The summed E-state index contributed by atoms with van der Waals surface area (Å²) >= 11 is 0. The van der Waals surface area contributed by atoms with Crippen molar-refractivity contribution in [3.05, 3.63) is 12.2 Å². The van der Waals surface area contributed by atoms with Crippen LogP contribution in [-0.4, -0.2) is 35.2 Å². The average molecular weight is 199 g/mol. The topological polar surface area (TPSA) is 75.6 Å². The quantitative estimate of drug-likeness (QED) is 0.623. The van der Waals surface area contributed by atoms with E-state index in [4.69, 9.17) is 9.84 Å². The standard InChI is InChI=1S/C9H13NO4/c1-5-3-4-7(14-5)8(9(12)13)10-6(2)11/h3-5,7-8H,1-2H3,(H,10,11)(H,12,13). The van der Waals surface area contributed by atoms with E-state index in [-0.39, 0.29) is 12.0 Å². The molecule has 1 heterocycles. The summed E-state index contributed by atoms with van der Waals surface area (Å²) in [6.07, 6.45) is 2.74. The Labute approximate surface area is 81.7 Å². The monoisotopic (exact) mass is 199 g/mol. The van der Waals surface area contributed by atoms with Crippen LogP contribution in [0.4, 0.5) is 0 Å². The van der Waals surface area contributed by atoms with Crippen molar-refractivity contribution in [1.29, 1.82) is 0 Å². The van der Waals surface area contributed by atoms with E-state index in [0.717, 1.165) is 0 Å². The summed E-state index contributed by atoms with van der Waals surface area (Å²) < 4.78 is 5.28. The maximum absolute atomic E-state index is 10.8. The first-order valence-corrected chi connectivity index (χ1v) is 4.34. The largest absolute Gasteiger partial charge is 0.480 e. The molecule has 3 unspecified atom stereocenters. The molecule has 1 amide bonds. The summed E-state index contributed by atoms with van der Waals surface area (Å²) in [5.41, 5.74) is 0. The first kappa shape index (κ1) is 10.7. The Bertz CT molecular complexity index is 274. The van der Waals surface area contributed by atoms with Gasteiger partial charge in [0.25, 0.3) is 0 Å². The fourth-order valence-electron chi connectivity index (χ4n) is 1.30. The molecule has 14 heavy (non-hydrogen) atoms. The molecule has 0 aromatic heterocycles. The van der Waals surface area contributed by atoms with Crippen LogP contribution in [0.25, 0.3) is 0 Å². The summed E-state index contributed by atoms with van der Waals surface area (Å²) in [5.74, 6) is -1.47. The first-order chi connectivity index (χ1) is 6.50. The van der Waals surface area contributed by atoms with E-state index in [1.165, 1.54) is 6.92 Å². The number of carbonyl (C=O) groups is 2. The van der Waals surface area contributed by atoms with Gasteiger partial charge in [0.2, 0.25) is 5.91 Å². The van der Waals surface area contributed by atoms with E-state index >= 15 is 0 Å². The molecule has 0 bridgehead atoms. The molecule has 1 aliphatic heterocycles. The molecule has 0 saturated carbocycles. The lowest BCUT2D eigenvalue weighted by Gasteiger charge is -2.19. The Hall–Kier alpha value is -1.36. The Morgan fingerprint density at radius 3 is 2.50 bits per heavy atom. The molecule has 5 nitrogen and oxygen atoms in total. The molecule has 1 rings (SSSR count). The van der Waals surface area contributed by atoms with Gasteiger partial charge in [0.15, 0.2) is 6.04 Å². The normalized spacial score (nSPS) is 27.3. The van der Waals surface area contributed by atoms with Crippen LogP contribution in [0, 0.1) is 0 Å². The number of hydrogen-bond acceptors (Lipinski definition) is 3. The first-order valence-electron chi connectivity index (χ1n) is 4.34. The van der Waals surface area contributed by atoms with Crippen molar-refractivity contribution in [3.63, 3.8) is 0 Å². The molecule has 0 spiro atoms. The zero-order chi connectivity index (χ0) is 10.7. The molecule has 2 N–H and O–H groups in total. The van der Waals surface area contributed by atoms with E-state index in [2.05, 4.69) is 5.32 Å². The number of aliphatic carboxylic acids is 1. The highest BCUT2D eigenvalue weighted by molar-refractivity contribution is 5.82. The van der Waals surface area contributed by atoms with Crippen LogP contribution in [0.1, 0.15) is 13.8 Å². The van der Waals surface area contributed by atoms with Crippen molar-refractivity contribution in [3.8, 4) is 0 Å². The van der Waals surface area contributed by atoms with Crippen LogP contribution in [0.3, 0.4) is 0 Å². The molecule has 0 saturated heterocycles. The summed E-state index contributed by atoms with van der Waals surface area (Å²) in [4.78, 5) is 21.5. The van der Waals surface area contributed by atoms with Gasteiger partial charge in [0, 0.05) is 6.92 Å². The third-order valence-corrected chi connectivity index (χ3v) is 1.90. The molecule has 0 aromatic carbocycles. The third-order valence-electron chi connectivity index (χ3n) is 1.90. The number of ether oxygens (including phenoxy) is 1. The number of rotatable bonds is 3. The Morgan fingerprint density at radius 2 is 2.14 bits per heavy atom. The van der Waals surface area contributed by atoms with Crippen molar-refractivity contribution >= 4 is 11.9 Å². The van der Waals surface area contributed by atoms with Crippen molar-refractivity contribution in [2.75, 3.05) is 0 Å². The van der Waals surface area contributed by atoms with Crippen molar-refractivity contribution in [1.82, 2.24) is 5.32 Å². The molecule has 1 aliphatic rings. The molecular weight excluding hydrogens is 186 g/mol. The minimum absolute atomic E-state index is 0.101. The van der Waals surface area contributed by atoms with Gasteiger partial charge < -0.3 is 15.2 Å². The summed E-state index contributed by atoms with van der Waals surface area (Å²) in [6.45, 7) is 3.08. The van der Waals surface area contributed by atoms with Crippen LogP contribution in [0.15, 0.2) is 12.2 Å². The van der Waals surface area contributed by atoms with Crippen LogP contribution in [-0.2, 0) is 14.3 Å². The fourth-order valence-corrected chi connectivity index (χ4v) is 1.30. The molecule has 0 aliphatic carbocycles. The van der Waals surface area contributed by atoms with Crippen LogP contribution < -0.4 is 5.32 Å². The average Bonchev–Trinajstić information content (AvgIpc) is 2.46. The van der Waals surface area contributed by atoms with Gasteiger partial charge in [-0.3, -0.25) is 4.79 Å². The van der Waals surface area contributed by atoms with Gasteiger partial charge in [-0.25, -0.2) is 4.79 Å². The second-order valence-corrected chi connectivity index (χ2v) is 3.21. The lowest BCUT2D eigenvalue weighted by molar-refractivity contribution is -0.145. The summed E-state index contributed by atoms with van der Waals surface area (Å²) in [5, 5.41) is 11.2. The van der Waals surface area contributed by atoms with Crippen molar-refractivity contribution in [2.24, 2.45) is 0 Å². The SMILES string of the molecule is CC(=O)NC(C(=O)O)C1C=CC(C)O1. The zero-order valence-electron chi connectivity index (χ0n) is 8.06. The fraction of sp³-hybridized carbons (Fsp3) is 0.556. The van der Waals surface area contributed by atoms with Crippen molar-refractivity contribution in [2.45, 2.75) is 32.1 Å². The maximum Gasteiger partial charge on any atom is 0.329 e. The van der Waals surface area contributed by atoms with E-state index in [1.54, 1.807) is 12.2 Å². The van der Waals surface area contributed by atoms with Gasteiger partial charge in [-0.1, -0.05) is 12.2 Å². The van der Waals surface area contributed by atoms with Gasteiger partial charge in [0.1, 0.15) is 6.10 Å². The third kappa shape index (κ3) is 2.56. The Morgan fingerprint density at radius 1 is 1.50 bits per heavy atom. The van der Waals surface area contributed by atoms with Gasteiger partial charge in [0.05, 0.1) is 6.10 Å². The van der Waals surface area contributed by atoms with Gasteiger partial charge in [-0.15, -0.1) is 0 Å². The lowest BCUT2D eigenvalue weighted by atomic mass is 10.1. The van der Waals surface area contributed by atoms with Crippen molar-refractivity contribution < 1.29 is 19.4 Å². The number of amides is 1. The number of hydrogen-bond donors (Lipinski definition) is 2. The maximum atomic E-state index is 10.8. The highest BCUT2D eigenvalue weighted by Gasteiger charge is 2.31. The zero-order valence-corrected chi connectivity index (χ0v) is 8.06. The molecule has 78 valence electrons. The van der Waals surface area contributed by atoms with Gasteiger partial charge in [-0.2, -0.15) is 0 Å². The van der Waals surface area contributed by atoms with E-state index in [0.29, 0.717) is 0 Å². The van der Waals surface area contributed by atoms with Gasteiger partial charge >= 0.3 is 5.97 Å². The summed E-state index contributed by atoms with van der Waals surface area (Å²) in [6, 6.07) is -1.01. The van der Waals surface area contributed by atoms with E-state index < -0.39 is 18.1 Å². The highest BCUT2D eigenvalue weighted by atomic mass is 16.5. The lowest BCUT2D eigenvalue weighted by Crippen LogP contribution is -2.47. The predicted octanol–water partition coefficient (Wildman–Crippen LogP) is -0.0808. The Kier molecular flexibility index (Phi) is 3.24. The molecule has 5 heteroatoms. The molecule has 0 fully saturated rings. The van der Waals surface area contributed by atoms with E-state index in [9.17, 15) is 9.59 Å².